The highest BCUT2D eigenvalue weighted by molar-refractivity contribution is 5.91. The molecule has 1 aromatic carbocycles. The standard InChI is InChI=1S/C16H13N3O2/c20-16(21)12-9-18-19(15(12)10-5-6-10)14-7-8-17-13-4-2-1-3-11(13)14/h1-4,7-10H,5-6H2,(H,20,21). The van der Waals surface area contributed by atoms with Crippen molar-refractivity contribution in [3.63, 3.8) is 0 Å². The number of rotatable bonds is 3. The molecule has 1 saturated carbocycles. The second-order valence-corrected chi connectivity index (χ2v) is 5.28. The van der Waals surface area contributed by atoms with Crippen LogP contribution in [0.25, 0.3) is 16.6 Å². The molecule has 0 amide bonds. The minimum Gasteiger partial charge on any atom is -0.478 e. The molecule has 5 heteroatoms. The highest BCUT2D eigenvalue weighted by Crippen LogP contribution is 2.42. The summed E-state index contributed by atoms with van der Waals surface area (Å²) in [5.74, 6) is -0.618. The van der Waals surface area contributed by atoms with E-state index in [4.69, 9.17) is 0 Å². The van der Waals surface area contributed by atoms with E-state index in [1.807, 2.05) is 30.3 Å². The summed E-state index contributed by atoms with van der Waals surface area (Å²) < 4.78 is 1.77. The zero-order valence-electron chi connectivity index (χ0n) is 11.2. The molecule has 0 radical (unpaired) electrons. The molecular formula is C16H13N3O2. The van der Waals surface area contributed by atoms with Crippen LogP contribution >= 0.6 is 0 Å². The molecule has 4 rings (SSSR count). The first-order chi connectivity index (χ1) is 10.3. The van der Waals surface area contributed by atoms with Crippen LogP contribution in [-0.2, 0) is 0 Å². The lowest BCUT2D eigenvalue weighted by atomic mass is 10.1. The quantitative estimate of drug-likeness (QED) is 0.800. The van der Waals surface area contributed by atoms with Crippen LogP contribution in [0.15, 0.2) is 42.7 Å². The fourth-order valence-corrected chi connectivity index (χ4v) is 2.73. The molecule has 0 saturated heterocycles. The van der Waals surface area contributed by atoms with E-state index in [0.717, 1.165) is 35.1 Å². The average molecular weight is 279 g/mol. The molecule has 1 N–H and O–H groups in total. The smallest absolute Gasteiger partial charge is 0.339 e. The third-order valence-electron chi connectivity index (χ3n) is 3.86. The van der Waals surface area contributed by atoms with Gasteiger partial charge < -0.3 is 5.11 Å². The number of fused-ring (bicyclic) bond motifs is 1. The number of aromatic carboxylic acids is 1. The zero-order chi connectivity index (χ0) is 14.4. The van der Waals surface area contributed by atoms with Gasteiger partial charge in [-0.2, -0.15) is 5.10 Å². The Bertz CT molecular complexity index is 844. The second-order valence-electron chi connectivity index (χ2n) is 5.28. The number of carboxylic acid groups (broad SMARTS) is 1. The van der Waals surface area contributed by atoms with Crippen molar-refractivity contribution in [1.29, 1.82) is 0 Å². The van der Waals surface area contributed by atoms with Crippen LogP contribution in [0.5, 0.6) is 0 Å². The van der Waals surface area contributed by atoms with E-state index in [2.05, 4.69) is 10.1 Å². The summed E-state index contributed by atoms with van der Waals surface area (Å²) in [5.41, 5.74) is 2.87. The predicted molar refractivity (Wildman–Crippen MR) is 77.8 cm³/mol. The number of benzene rings is 1. The minimum absolute atomic E-state index is 0.297. The van der Waals surface area contributed by atoms with Crippen molar-refractivity contribution in [2.24, 2.45) is 0 Å². The fourth-order valence-electron chi connectivity index (χ4n) is 2.73. The van der Waals surface area contributed by atoms with Crippen LogP contribution < -0.4 is 0 Å². The minimum atomic E-state index is -0.915. The Hall–Kier alpha value is -2.69. The summed E-state index contributed by atoms with van der Waals surface area (Å²) in [6.07, 6.45) is 5.23. The van der Waals surface area contributed by atoms with Crippen molar-refractivity contribution in [1.82, 2.24) is 14.8 Å². The number of nitrogens with zero attached hydrogens (tertiary/aromatic N) is 3. The molecule has 1 fully saturated rings. The Morgan fingerprint density at radius 1 is 1.24 bits per heavy atom. The van der Waals surface area contributed by atoms with Crippen molar-refractivity contribution in [2.45, 2.75) is 18.8 Å². The molecule has 21 heavy (non-hydrogen) atoms. The predicted octanol–water partition coefficient (Wildman–Crippen LogP) is 3.00. The molecular weight excluding hydrogens is 266 g/mol. The van der Waals surface area contributed by atoms with E-state index in [9.17, 15) is 9.90 Å². The number of para-hydroxylation sites is 1. The van der Waals surface area contributed by atoms with E-state index < -0.39 is 5.97 Å². The van der Waals surface area contributed by atoms with Gasteiger partial charge in [0.2, 0.25) is 0 Å². The molecule has 104 valence electrons. The average Bonchev–Trinajstić information content (AvgIpc) is 3.25. The first kappa shape index (κ1) is 12.1. The zero-order valence-corrected chi connectivity index (χ0v) is 11.2. The molecule has 3 aromatic rings. The van der Waals surface area contributed by atoms with Crippen LogP contribution in [0.4, 0.5) is 0 Å². The Morgan fingerprint density at radius 2 is 2.05 bits per heavy atom. The Labute approximate surface area is 120 Å². The van der Waals surface area contributed by atoms with E-state index >= 15 is 0 Å². The molecule has 0 spiro atoms. The second kappa shape index (κ2) is 4.41. The van der Waals surface area contributed by atoms with Crippen LogP contribution in [0, 0.1) is 0 Å². The molecule has 0 unspecified atom stereocenters. The van der Waals surface area contributed by atoms with Gasteiger partial charge in [-0.3, -0.25) is 4.98 Å². The topological polar surface area (TPSA) is 68.0 Å². The van der Waals surface area contributed by atoms with E-state index in [-0.39, 0.29) is 0 Å². The number of carboxylic acids is 1. The van der Waals surface area contributed by atoms with E-state index in [1.165, 1.54) is 6.20 Å². The lowest BCUT2D eigenvalue weighted by Crippen LogP contribution is -2.06. The maximum Gasteiger partial charge on any atom is 0.339 e. The molecule has 2 heterocycles. The highest BCUT2D eigenvalue weighted by atomic mass is 16.4. The van der Waals surface area contributed by atoms with Crippen LogP contribution in [-0.4, -0.2) is 25.8 Å². The van der Waals surface area contributed by atoms with E-state index in [0.29, 0.717) is 11.5 Å². The van der Waals surface area contributed by atoms with Gasteiger partial charge in [0, 0.05) is 17.5 Å². The fraction of sp³-hybridized carbons (Fsp3) is 0.188. The molecule has 1 aliphatic rings. The third-order valence-corrected chi connectivity index (χ3v) is 3.86. The molecule has 0 bridgehead atoms. The van der Waals surface area contributed by atoms with Gasteiger partial charge in [-0.25, -0.2) is 9.48 Å². The van der Waals surface area contributed by atoms with Gasteiger partial charge in [-0.05, 0) is 25.0 Å². The normalized spacial score (nSPS) is 14.5. The van der Waals surface area contributed by atoms with Gasteiger partial charge in [0.1, 0.15) is 5.56 Å². The van der Waals surface area contributed by atoms with Gasteiger partial charge in [0.15, 0.2) is 0 Å². The summed E-state index contributed by atoms with van der Waals surface area (Å²) in [6.45, 7) is 0. The van der Waals surface area contributed by atoms with Crippen molar-refractivity contribution < 1.29 is 9.90 Å². The van der Waals surface area contributed by atoms with Gasteiger partial charge in [-0.1, -0.05) is 18.2 Å². The summed E-state index contributed by atoms with van der Waals surface area (Å²) in [5, 5.41) is 14.7. The first-order valence-electron chi connectivity index (χ1n) is 6.91. The molecule has 0 aliphatic heterocycles. The summed E-state index contributed by atoms with van der Waals surface area (Å²) >= 11 is 0. The van der Waals surface area contributed by atoms with Gasteiger partial charge in [-0.15, -0.1) is 0 Å². The van der Waals surface area contributed by atoms with Gasteiger partial charge in [0.05, 0.1) is 23.1 Å². The summed E-state index contributed by atoms with van der Waals surface area (Å²) in [4.78, 5) is 15.7. The number of hydrogen-bond acceptors (Lipinski definition) is 3. The van der Waals surface area contributed by atoms with Crippen molar-refractivity contribution in [2.75, 3.05) is 0 Å². The van der Waals surface area contributed by atoms with Crippen LogP contribution in [0.3, 0.4) is 0 Å². The Balaban J connectivity index is 1.99. The number of aromatic nitrogens is 3. The van der Waals surface area contributed by atoms with Gasteiger partial charge >= 0.3 is 5.97 Å². The summed E-state index contributed by atoms with van der Waals surface area (Å²) in [7, 11) is 0. The van der Waals surface area contributed by atoms with Crippen molar-refractivity contribution >= 4 is 16.9 Å². The third kappa shape index (κ3) is 1.89. The lowest BCUT2D eigenvalue weighted by Gasteiger charge is -2.10. The van der Waals surface area contributed by atoms with E-state index in [1.54, 1.807) is 10.9 Å². The lowest BCUT2D eigenvalue weighted by molar-refractivity contribution is 0.0695. The monoisotopic (exact) mass is 279 g/mol. The maximum absolute atomic E-state index is 11.4. The highest BCUT2D eigenvalue weighted by Gasteiger charge is 2.33. The molecule has 1 aliphatic carbocycles. The molecule has 0 atom stereocenters. The summed E-state index contributed by atoms with van der Waals surface area (Å²) in [6, 6.07) is 9.69. The van der Waals surface area contributed by atoms with Crippen molar-refractivity contribution in [3.8, 4) is 5.69 Å². The van der Waals surface area contributed by atoms with Crippen molar-refractivity contribution in [3.05, 3.63) is 54.0 Å². The largest absolute Gasteiger partial charge is 0.478 e. The Kier molecular flexibility index (Phi) is 2.54. The van der Waals surface area contributed by atoms with Crippen LogP contribution in [0.2, 0.25) is 0 Å². The SMILES string of the molecule is O=C(O)c1cnn(-c2ccnc3ccccc23)c1C1CC1. The molecule has 2 aromatic heterocycles. The Morgan fingerprint density at radius 3 is 2.81 bits per heavy atom. The number of hydrogen-bond donors (Lipinski definition) is 1. The molecule has 5 nitrogen and oxygen atoms in total. The van der Waals surface area contributed by atoms with Crippen LogP contribution in [0.1, 0.15) is 34.8 Å². The van der Waals surface area contributed by atoms with Gasteiger partial charge in [0.25, 0.3) is 0 Å². The number of pyridine rings is 1. The first-order valence-corrected chi connectivity index (χ1v) is 6.91. The maximum atomic E-state index is 11.4. The number of carbonyl (C=O) groups is 1.